The molecule has 0 aromatic heterocycles. The molecule has 1 heteroatoms. The lowest BCUT2D eigenvalue weighted by Crippen LogP contribution is -1.80. The van der Waals surface area contributed by atoms with Crippen LogP contribution in [0.15, 0.2) is 28.4 Å². The van der Waals surface area contributed by atoms with E-state index in [1.165, 1.54) is 11.1 Å². The Kier molecular flexibility index (Phi) is 3.09. The van der Waals surface area contributed by atoms with Crippen LogP contribution in [0.2, 0.25) is 0 Å². The Labute approximate surface area is 68.5 Å². The van der Waals surface area contributed by atoms with E-state index < -0.39 is 0 Å². The highest BCUT2D eigenvalue weighted by atomic mass is 14.7. The van der Waals surface area contributed by atoms with E-state index in [1.54, 1.807) is 0 Å². The van der Waals surface area contributed by atoms with Gasteiger partial charge in [-0.1, -0.05) is 19.9 Å². The Morgan fingerprint density at radius 1 is 1.36 bits per heavy atom. The number of aliphatic imine (C=N–C) groups is 1. The largest absolute Gasteiger partial charge is 0.264 e. The molecule has 0 bridgehead atoms. The molecule has 1 rings (SSSR count). The molecule has 0 atom stereocenters. The predicted octanol–water partition coefficient (Wildman–Crippen LogP) is 3.09. The Morgan fingerprint density at radius 2 is 2.18 bits per heavy atom. The lowest BCUT2D eigenvalue weighted by molar-refractivity contribution is 1.02. The molecule has 1 aliphatic heterocycles. The molecule has 1 nitrogen and oxygen atoms in total. The summed E-state index contributed by atoms with van der Waals surface area (Å²) in [5, 5.41) is 0. The summed E-state index contributed by atoms with van der Waals surface area (Å²) in [7, 11) is 0. The third-order valence-corrected chi connectivity index (χ3v) is 1.99. The lowest BCUT2D eigenvalue weighted by atomic mass is 10.1. The van der Waals surface area contributed by atoms with E-state index in [-0.39, 0.29) is 0 Å². The fourth-order valence-corrected chi connectivity index (χ4v) is 1.08. The normalized spacial score (nSPS) is 17.3. The third kappa shape index (κ3) is 2.34. The molecule has 0 spiro atoms. The standard InChI is InChI=1S/C10H15N/c1-3-9-5-6-10(4-2)8-11-7-9/h5,7-8H,3-4,6H2,1-2H3. The highest BCUT2D eigenvalue weighted by Gasteiger charge is 1.96. The van der Waals surface area contributed by atoms with Crippen LogP contribution in [0.3, 0.4) is 0 Å². The zero-order chi connectivity index (χ0) is 8.10. The summed E-state index contributed by atoms with van der Waals surface area (Å²) < 4.78 is 0. The van der Waals surface area contributed by atoms with Gasteiger partial charge in [-0.25, -0.2) is 0 Å². The molecule has 1 heterocycles. The highest BCUT2D eigenvalue weighted by molar-refractivity contribution is 5.79. The molecule has 0 aromatic carbocycles. The fraction of sp³-hybridized carbons (Fsp3) is 0.500. The molecular formula is C10H15N. The zero-order valence-corrected chi connectivity index (χ0v) is 7.30. The first-order valence-electron chi connectivity index (χ1n) is 4.27. The third-order valence-electron chi connectivity index (χ3n) is 1.99. The van der Waals surface area contributed by atoms with Gasteiger partial charge in [0.2, 0.25) is 0 Å². The quantitative estimate of drug-likeness (QED) is 0.572. The minimum Gasteiger partial charge on any atom is -0.264 e. The van der Waals surface area contributed by atoms with E-state index in [0.29, 0.717) is 0 Å². The second-order valence-electron chi connectivity index (χ2n) is 2.76. The highest BCUT2D eigenvalue weighted by Crippen LogP contribution is 2.13. The van der Waals surface area contributed by atoms with E-state index in [4.69, 9.17) is 0 Å². The van der Waals surface area contributed by atoms with E-state index in [9.17, 15) is 0 Å². The molecule has 1 aliphatic rings. The van der Waals surface area contributed by atoms with Crippen molar-refractivity contribution >= 4 is 6.21 Å². The summed E-state index contributed by atoms with van der Waals surface area (Å²) in [5.74, 6) is 0. The van der Waals surface area contributed by atoms with E-state index >= 15 is 0 Å². The summed E-state index contributed by atoms with van der Waals surface area (Å²) in [6.07, 6.45) is 9.51. The Morgan fingerprint density at radius 3 is 2.82 bits per heavy atom. The van der Waals surface area contributed by atoms with Crippen LogP contribution in [-0.2, 0) is 0 Å². The number of hydrogen-bond donors (Lipinski definition) is 0. The van der Waals surface area contributed by atoms with Crippen molar-refractivity contribution in [3.05, 3.63) is 23.4 Å². The molecule has 0 amide bonds. The summed E-state index contributed by atoms with van der Waals surface area (Å²) >= 11 is 0. The van der Waals surface area contributed by atoms with Crippen LogP contribution in [0, 0.1) is 0 Å². The Hall–Kier alpha value is -0.850. The van der Waals surface area contributed by atoms with Crippen LogP contribution in [0.25, 0.3) is 0 Å². The SMILES string of the molecule is CCC1=CCC(CC)=CN=C1. The van der Waals surface area contributed by atoms with Gasteiger partial charge in [-0.05, 0) is 30.4 Å². The van der Waals surface area contributed by atoms with E-state index in [0.717, 1.165) is 19.3 Å². The van der Waals surface area contributed by atoms with Crippen LogP contribution in [-0.4, -0.2) is 6.21 Å². The van der Waals surface area contributed by atoms with Crippen LogP contribution >= 0.6 is 0 Å². The van der Waals surface area contributed by atoms with Gasteiger partial charge in [0, 0.05) is 12.4 Å². The molecule has 0 fully saturated rings. The lowest BCUT2D eigenvalue weighted by Gasteiger charge is -1.95. The molecule has 0 aliphatic carbocycles. The van der Waals surface area contributed by atoms with Gasteiger partial charge in [-0.15, -0.1) is 0 Å². The average molecular weight is 149 g/mol. The summed E-state index contributed by atoms with van der Waals surface area (Å²) in [5.41, 5.74) is 2.77. The van der Waals surface area contributed by atoms with Crippen LogP contribution in [0.4, 0.5) is 0 Å². The number of nitrogens with zero attached hydrogens (tertiary/aromatic N) is 1. The van der Waals surface area contributed by atoms with Gasteiger partial charge < -0.3 is 0 Å². The van der Waals surface area contributed by atoms with Crippen molar-refractivity contribution in [2.45, 2.75) is 33.1 Å². The first kappa shape index (κ1) is 8.25. The van der Waals surface area contributed by atoms with Gasteiger partial charge in [-0.3, -0.25) is 4.99 Å². The summed E-state index contributed by atoms with van der Waals surface area (Å²) in [4.78, 5) is 4.22. The van der Waals surface area contributed by atoms with Crippen molar-refractivity contribution in [3.63, 3.8) is 0 Å². The number of rotatable bonds is 2. The first-order chi connectivity index (χ1) is 5.36. The van der Waals surface area contributed by atoms with Gasteiger partial charge in [0.25, 0.3) is 0 Å². The Balaban J connectivity index is 2.66. The van der Waals surface area contributed by atoms with Crippen molar-refractivity contribution < 1.29 is 0 Å². The molecule has 0 radical (unpaired) electrons. The second-order valence-corrected chi connectivity index (χ2v) is 2.76. The smallest absolute Gasteiger partial charge is 0.0296 e. The maximum atomic E-state index is 4.22. The Bertz CT molecular complexity index is 209. The predicted molar refractivity (Wildman–Crippen MR) is 49.9 cm³/mol. The van der Waals surface area contributed by atoms with Gasteiger partial charge in [-0.2, -0.15) is 0 Å². The first-order valence-corrected chi connectivity index (χ1v) is 4.27. The van der Waals surface area contributed by atoms with Crippen molar-refractivity contribution in [2.75, 3.05) is 0 Å². The van der Waals surface area contributed by atoms with Crippen molar-refractivity contribution in [1.29, 1.82) is 0 Å². The molecule has 0 aromatic rings. The van der Waals surface area contributed by atoms with Crippen LogP contribution in [0.5, 0.6) is 0 Å². The molecule has 0 saturated heterocycles. The maximum Gasteiger partial charge on any atom is 0.0296 e. The van der Waals surface area contributed by atoms with Crippen molar-refractivity contribution in [1.82, 2.24) is 0 Å². The maximum absolute atomic E-state index is 4.22. The molecule has 0 saturated carbocycles. The van der Waals surface area contributed by atoms with Crippen molar-refractivity contribution in [3.8, 4) is 0 Å². The van der Waals surface area contributed by atoms with Crippen LogP contribution < -0.4 is 0 Å². The molecule has 0 unspecified atom stereocenters. The van der Waals surface area contributed by atoms with Crippen molar-refractivity contribution in [2.24, 2.45) is 4.99 Å². The average Bonchev–Trinajstić information content (AvgIpc) is 2.28. The van der Waals surface area contributed by atoms with Crippen LogP contribution in [0.1, 0.15) is 33.1 Å². The second kappa shape index (κ2) is 4.12. The minimum atomic E-state index is 1.08. The summed E-state index contributed by atoms with van der Waals surface area (Å²) in [6, 6.07) is 0. The van der Waals surface area contributed by atoms with Gasteiger partial charge in [0.05, 0.1) is 0 Å². The molecular weight excluding hydrogens is 134 g/mol. The minimum absolute atomic E-state index is 1.08. The number of hydrogen-bond acceptors (Lipinski definition) is 1. The van der Waals surface area contributed by atoms with E-state index in [2.05, 4.69) is 24.9 Å². The molecule has 0 N–H and O–H groups in total. The molecule has 60 valence electrons. The molecule has 11 heavy (non-hydrogen) atoms. The van der Waals surface area contributed by atoms with Gasteiger partial charge >= 0.3 is 0 Å². The monoisotopic (exact) mass is 149 g/mol. The summed E-state index contributed by atoms with van der Waals surface area (Å²) in [6.45, 7) is 4.33. The fourth-order valence-electron chi connectivity index (χ4n) is 1.08. The zero-order valence-electron chi connectivity index (χ0n) is 7.30. The number of allylic oxidation sites excluding steroid dienone is 3. The topological polar surface area (TPSA) is 12.4 Å². The van der Waals surface area contributed by atoms with E-state index in [1.807, 2.05) is 12.4 Å². The van der Waals surface area contributed by atoms with Gasteiger partial charge in [0.1, 0.15) is 0 Å². The van der Waals surface area contributed by atoms with Gasteiger partial charge in [0.15, 0.2) is 0 Å².